The van der Waals surface area contributed by atoms with Crippen LogP contribution in [0.5, 0.6) is 11.5 Å². The van der Waals surface area contributed by atoms with Crippen molar-refractivity contribution in [1.82, 2.24) is 5.48 Å². The fourth-order valence-corrected chi connectivity index (χ4v) is 1.63. The maximum absolute atomic E-state index is 11.9. The van der Waals surface area contributed by atoms with Crippen LogP contribution in [0, 0.1) is 0 Å². The molecule has 0 aliphatic heterocycles. The summed E-state index contributed by atoms with van der Waals surface area (Å²) in [6.07, 6.45) is -4.38. The second-order valence-corrected chi connectivity index (χ2v) is 3.88. The normalized spacial score (nSPS) is 11.5. The highest BCUT2D eigenvalue weighted by Gasteiger charge is 2.27. The minimum atomic E-state index is -4.38. The van der Waals surface area contributed by atoms with Crippen LogP contribution >= 0.6 is 11.6 Å². The van der Waals surface area contributed by atoms with Crippen molar-refractivity contribution in [3.8, 4) is 11.5 Å². The maximum Gasteiger partial charge on any atom is 0.413 e. The highest BCUT2D eigenvalue weighted by Crippen LogP contribution is 2.37. The van der Waals surface area contributed by atoms with E-state index in [1.807, 2.05) is 0 Å². The van der Waals surface area contributed by atoms with Crippen LogP contribution in [0.2, 0.25) is 5.02 Å². The molecule has 0 aliphatic carbocycles. The highest BCUT2D eigenvalue weighted by molar-refractivity contribution is 6.33. The summed E-state index contributed by atoms with van der Waals surface area (Å²) in [4.78, 5) is 4.28. The summed E-state index contributed by atoms with van der Waals surface area (Å²) < 4.78 is 45.6. The van der Waals surface area contributed by atoms with Crippen LogP contribution in [-0.2, 0) is 11.4 Å². The lowest BCUT2D eigenvalue weighted by Gasteiger charge is -2.13. The van der Waals surface area contributed by atoms with E-state index in [9.17, 15) is 13.2 Å². The Balaban J connectivity index is 2.64. The maximum atomic E-state index is 11.9. The molecule has 4 nitrogen and oxygen atoms in total. The minimum Gasteiger partial charge on any atom is -0.493 e. The summed E-state index contributed by atoms with van der Waals surface area (Å²) in [5, 5.41) is 0.255. The number of benzene rings is 1. The summed E-state index contributed by atoms with van der Waals surface area (Å²) in [7, 11) is 2.87. The van der Waals surface area contributed by atoms with Gasteiger partial charge in [-0.1, -0.05) is 17.7 Å². The Labute approximate surface area is 113 Å². The molecule has 0 heterocycles. The number of hydroxylamine groups is 1. The summed E-state index contributed by atoms with van der Waals surface area (Å²) in [6, 6.07) is 3.21. The first-order chi connectivity index (χ1) is 8.89. The monoisotopic (exact) mass is 299 g/mol. The Morgan fingerprint density at radius 2 is 1.89 bits per heavy atom. The molecule has 0 unspecified atom stereocenters. The van der Waals surface area contributed by atoms with Crippen molar-refractivity contribution >= 4 is 11.6 Å². The zero-order chi connectivity index (χ0) is 14.5. The number of alkyl halides is 3. The van der Waals surface area contributed by atoms with Gasteiger partial charge in [-0.25, -0.2) is 0 Å². The summed E-state index contributed by atoms with van der Waals surface area (Å²) in [6.45, 7) is -1.37. The SMILES string of the molecule is COc1ccc(CNOCC(F)(F)F)c(Cl)c1OC. The van der Waals surface area contributed by atoms with Crippen molar-refractivity contribution in [2.75, 3.05) is 20.8 Å². The third-order valence-electron chi connectivity index (χ3n) is 2.17. The molecule has 19 heavy (non-hydrogen) atoms. The first-order valence-electron chi connectivity index (χ1n) is 5.19. The van der Waals surface area contributed by atoms with Crippen molar-refractivity contribution in [2.24, 2.45) is 0 Å². The first kappa shape index (κ1) is 15.9. The lowest BCUT2D eigenvalue weighted by Crippen LogP contribution is -2.24. The van der Waals surface area contributed by atoms with Crippen molar-refractivity contribution in [3.05, 3.63) is 22.7 Å². The number of ether oxygens (including phenoxy) is 2. The summed E-state index contributed by atoms with van der Waals surface area (Å²) >= 11 is 6.04. The van der Waals surface area contributed by atoms with Gasteiger partial charge in [0, 0.05) is 6.54 Å². The van der Waals surface area contributed by atoms with Crippen LogP contribution in [0.1, 0.15) is 5.56 Å². The van der Waals surface area contributed by atoms with Crippen LogP contribution in [-0.4, -0.2) is 27.0 Å². The zero-order valence-corrected chi connectivity index (χ0v) is 11.1. The van der Waals surface area contributed by atoms with Crippen molar-refractivity contribution in [1.29, 1.82) is 0 Å². The predicted molar refractivity (Wildman–Crippen MR) is 63.4 cm³/mol. The number of nitrogens with one attached hydrogen (secondary N) is 1. The predicted octanol–water partition coefficient (Wildman–Crippen LogP) is 2.94. The summed E-state index contributed by atoms with van der Waals surface area (Å²) in [5.41, 5.74) is 2.72. The van der Waals surface area contributed by atoms with Gasteiger partial charge in [0.25, 0.3) is 0 Å². The topological polar surface area (TPSA) is 39.7 Å². The molecule has 0 fully saturated rings. The molecule has 0 saturated heterocycles. The van der Waals surface area contributed by atoms with Gasteiger partial charge in [0.05, 0.1) is 19.2 Å². The molecule has 1 aromatic rings. The zero-order valence-electron chi connectivity index (χ0n) is 10.3. The Hall–Kier alpha value is -1.18. The lowest BCUT2D eigenvalue weighted by molar-refractivity contribution is -0.190. The van der Waals surface area contributed by atoms with E-state index in [2.05, 4.69) is 10.3 Å². The van der Waals surface area contributed by atoms with Gasteiger partial charge in [-0.3, -0.25) is 4.84 Å². The fourth-order valence-electron chi connectivity index (χ4n) is 1.33. The molecule has 1 aromatic carbocycles. The molecule has 0 saturated carbocycles. The Morgan fingerprint density at radius 3 is 2.42 bits per heavy atom. The number of halogens is 4. The number of hydrogen-bond acceptors (Lipinski definition) is 4. The highest BCUT2D eigenvalue weighted by atomic mass is 35.5. The molecule has 8 heteroatoms. The van der Waals surface area contributed by atoms with E-state index in [1.54, 1.807) is 12.1 Å². The van der Waals surface area contributed by atoms with Gasteiger partial charge in [0.1, 0.15) is 0 Å². The van der Waals surface area contributed by atoms with Crippen molar-refractivity contribution < 1.29 is 27.5 Å². The van der Waals surface area contributed by atoms with Gasteiger partial charge in [-0.05, 0) is 11.6 Å². The van der Waals surface area contributed by atoms with E-state index in [1.165, 1.54) is 14.2 Å². The largest absolute Gasteiger partial charge is 0.493 e. The third-order valence-corrected chi connectivity index (χ3v) is 2.58. The van der Waals surface area contributed by atoms with E-state index in [0.29, 0.717) is 17.1 Å². The third kappa shape index (κ3) is 4.77. The number of rotatable bonds is 6. The average Bonchev–Trinajstić information content (AvgIpc) is 2.34. The van der Waals surface area contributed by atoms with Gasteiger partial charge in [0.2, 0.25) is 0 Å². The smallest absolute Gasteiger partial charge is 0.413 e. The van der Waals surface area contributed by atoms with Crippen LogP contribution < -0.4 is 15.0 Å². The Bertz CT molecular complexity index is 426. The van der Waals surface area contributed by atoms with E-state index in [-0.39, 0.29) is 11.6 Å². The van der Waals surface area contributed by atoms with Gasteiger partial charge in [-0.2, -0.15) is 18.7 Å². The molecule has 1 N–H and O–H groups in total. The second kappa shape index (κ2) is 6.83. The Morgan fingerprint density at radius 1 is 1.21 bits per heavy atom. The average molecular weight is 300 g/mol. The van der Waals surface area contributed by atoms with Crippen molar-refractivity contribution in [3.63, 3.8) is 0 Å². The molecule has 0 amide bonds. The van der Waals surface area contributed by atoms with Gasteiger partial charge in [-0.15, -0.1) is 0 Å². The van der Waals surface area contributed by atoms with Gasteiger partial charge < -0.3 is 9.47 Å². The van der Waals surface area contributed by atoms with E-state index in [4.69, 9.17) is 21.1 Å². The molecule has 0 aromatic heterocycles. The quantitative estimate of drug-likeness (QED) is 0.647. The lowest BCUT2D eigenvalue weighted by atomic mass is 10.2. The molecule has 108 valence electrons. The van der Waals surface area contributed by atoms with Crippen LogP contribution in [0.4, 0.5) is 13.2 Å². The van der Waals surface area contributed by atoms with E-state index >= 15 is 0 Å². The number of hydrogen-bond donors (Lipinski definition) is 1. The summed E-state index contributed by atoms with van der Waals surface area (Å²) in [5.74, 6) is 0.756. The van der Waals surface area contributed by atoms with E-state index in [0.717, 1.165) is 0 Å². The van der Waals surface area contributed by atoms with Gasteiger partial charge in [0.15, 0.2) is 18.1 Å². The standard InChI is InChI=1S/C11H13ClF3NO3/c1-17-8-4-3-7(9(12)10(8)18-2)5-16-19-6-11(13,14)15/h3-4,16H,5-6H2,1-2H3. The first-order valence-corrected chi connectivity index (χ1v) is 5.57. The second-order valence-electron chi connectivity index (χ2n) is 3.50. The molecule has 0 bridgehead atoms. The minimum absolute atomic E-state index is 0.00919. The van der Waals surface area contributed by atoms with Crippen LogP contribution in [0.15, 0.2) is 12.1 Å². The van der Waals surface area contributed by atoms with Crippen molar-refractivity contribution in [2.45, 2.75) is 12.7 Å². The fraction of sp³-hybridized carbons (Fsp3) is 0.455. The molecular formula is C11H13ClF3NO3. The number of methoxy groups -OCH3 is 2. The molecule has 0 spiro atoms. The Kier molecular flexibility index (Phi) is 5.71. The van der Waals surface area contributed by atoms with E-state index < -0.39 is 12.8 Å². The molecule has 0 atom stereocenters. The molecular weight excluding hydrogens is 287 g/mol. The molecule has 1 rings (SSSR count). The van der Waals surface area contributed by atoms with Crippen LogP contribution in [0.3, 0.4) is 0 Å². The molecule has 0 radical (unpaired) electrons. The molecule has 0 aliphatic rings. The van der Waals surface area contributed by atoms with Gasteiger partial charge >= 0.3 is 6.18 Å². The van der Waals surface area contributed by atoms with Crippen LogP contribution in [0.25, 0.3) is 0 Å².